The molecule has 2 rings (SSSR count). The van der Waals surface area contributed by atoms with Gasteiger partial charge in [-0.3, -0.25) is 14.2 Å². The highest BCUT2D eigenvalue weighted by Crippen LogP contribution is 2.24. The molecule has 0 radical (unpaired) electrons. The maximum atomic E-state index is 12.5. The van der Waals surface area contributed by atoms with E-state index >= 15 is 0 Å². The van der Waals surface area contributed by atoms with Gasteiger partial charge in [-0.1, -0.05) is 57.7 Å². The average molecular weight is 390 g/mol. The molecule has 0 aliphatic carbocycles. The lowest BCUT2D eigenvalue weighted by atomic mass is 10.0. The number of anilines is 1. The van der Waals surface area contributed by atoms with Crippen molar-refractivity contribution in [2.45, 2.75) is 52.2 Å². The van der Waals surface area contributed by atoms with E-state index in [4.69, 9.17) is 0 Å². The van der Waals surface area contributed by atoms with Gasteiger partial charge < -0.3 is 10.4 Å². The van der Waals surface area contributed by atoms with E-state index in [-0.39, 0.29) is 29.0 Å². The van der Waals surface area contributed by atoms with E-state index in [1.807, 2.05) is 32.0 Å². The monoisotopic (exact) mass is 389 g/mol. The first-order valence-corrected chi connectivity index (χ1v) is 10.2. The SMILES string of the molecule is CCc1cccc(CC)c1NC(=O)CSc1nc(O)cc(=O)n1CC(C)C. The largest absolute Gasteiger partial charge is 0.493 e. The molecule has 0 spiro atoms. The highest BCUT2D eigenvalue weighted by molar-refractivity contribution is 7.99. The van der Waals surface area contributed by atoms with E-state index < -0.39 is 0 Å². The minimum Gasteiger partial charge on any atom is -0.493 e. The maximum Gasteiger partial charge on any atom is 0.257 e. The molecule has 7 heteroatoms. The summed E-state index contributed by atoms with van der Waals surface area (Å²) < 4.78 is 1.50. The molecule has 0 bridgehead atoms. The van der Waals surface area contributed by atoms with E-state index in [1.54, 1.807) is 0 Å². The third kappa shape index (κ3) is 5.60. The van der Waals surface area contributed by atoms with Crippen LogP contribution in [0.3, 0.4) is 0 Å². The summed E-state index contributed by atoms with van der Waals surface area (Å²) in [5, 5.41) is 13.0. The first-order valence-electron chi connectivity index (χ1n) is 9.19. The van der Waals surface area contributed by atoms with E-state index in [1.165, 1.54) is 4.57 Å². The van der Waals surface area contributed by atoms with Gasteiger partial charge in [-0.15, -0.1) is 0 Å². The second-order valence-corrected chi connectivity index (χ2v) is 7.68. The van der Waals surface area contributed by atoms with E-state index in [9.17, 15) is 14.7 Å². The molecule has 1 heterocycles. The molecule has 2 aromatic rings. The van der Waals surface area contributed by atoms with Gasteiger partial charge in [0.25, 0.3) is 5.56 Å². The Bertz CT molecular complexity index is 840. The molecule has 2 N–H and O–H groups in total. The number of benzene rings is 1. The first kappa shape index (κ1) is 21.0. The Morgan fingerprint density at radius 1 is 1.26 bits per heavy atom. The molecule has 0 saturated heterocycles. The highest BCUT2D eigenvalue weighted by atomic mass is 32.2. The molecule has 0 aliphatic heterocycles. The van der Waals surface area contributed by atoms with Gasteiger partial charge in [0, 0.05) is 12.2 Å². The molecular formula is C20H27N3O3S. The molecule has 0 atom stereocenters. The van der Waals surface area contributed by atoms with Crippen LogP contribution in [0.1, 0.15) is 38.8 Å². The smallest absolute Gasteiger partial charge is 0.257 e. The summed E-state index contributed by atoms with van der Waals surface area (Å²) >= 11 is 1.15. The van der Waals surface area contributed by atoms with Crippen LogP contribution < -0.4 is 10.9 Å². The predicted molar refractivity (Wildman–Crippen MR) is 110 cm³/mol. The number of carbonyl (C=O) groups is 1. The third-order valence-corrected chi connectivity index (χ3v) is 5.08. The maximum absolute atomic E-state index is 12.5. The summed E-state index contributed by atoms with van der Waals surface area (Å²) in [6.07, 6.45) is 1.66. The van der Waals surface area contributed by atoms with Crippen molar-refractivity contribution >= 4 is 23.4 Å². The van der Waals surface area contributed by atoms with Crippen LogP contribution in [0.5, 0.6) is 5.88 Å². The van der Waals surface area contributed by atoms with Crippen molar-refractivity contribution in [3.05, 3.63) is 45.7 Å². The van der Waals surface area contributed by atoms with Gasteiger partial charge in [0.15, 0.2) is 5.16 Å². The molecule has 0 saturated carbocycles. The zero-order valence-corrected chi connectivity index (χ0v) is 17.1. The number of para-hydroxylation sites is 1. The quantitative estimate of drug-likeness (QED) is 0.533. The van der Waals surface area contributed by atoms with Crippen LogP contribution in [0.4, 0.5) is 5.69 Å². The van der Waals surface area contributed by atoms with Crippen molar-refractivity contribution in [2.24, 2.45) is 5.92 Å². The van der Waals surface area contributed by atoms with Crippen molar-refractivity contribution in [3.8, 4) is 5.88 Å². The summed E-state index contributed by atoms with van der Waals surface area (Å²) in [5.74, 6) is -0.141. The van der Waals surface area contributed by atoms with Crippen LogP contribution in [-0.4, -0.2) is 26.3 Å². The zero-order chi connectivity index (χ0) is 20.0. The fourth-order valence-corrected chi connectivity index (χ4v) is 3.64. The minimum absolute atomic E-state index is 0.106. The van der Waals surface area contributed by atoms with Crippen molar-refractivity contribution in [1.82, 2.24) is 9.55 Å². The Morgan fingerprint density at radius 2 is 1.89 bits per heavy atom. The highest BCUT2D eigenvalue weighted by Gasteiger charge is 2.14. The Hall–Kier alpha value is -2.28. The number of thioether (sulfide) groups is 1. The second-order valence-electron chi connectivity index (χ2n) is 6.73. The van der Waals surface area contributed by atoms with E-state index in [0.29, 0.717) is 11.7 Å². The van der Waals surface area contributed by atoms with Crippen LogP contribution in [0.25, 0.3) is 0 Å². The molecule has 0 unspecified atom stereocenters. The van der Waals surface area contributed by atoms with Gasteiger partial charge in [-0.2, -0.15) is 4.98 Å². The number of nitrogens with zero attached hydrogens (tertiary/aromatic N) is 2. The van der Waals surface area contributed by atoms with Crippen molar-refractivity contribution in [3.63, 3.8) is 0 Å². The second kappa shape index (κ2) is 9.60. The predicted octanol–water partition coefficient (Wildman–Crippen LogP) is 3.46. The standard InChI is InChI=1S/C20H27N3O3S/c1-5-14-8-7-9-15(6-2)19(14)21-17(25)12-27-20-22-16(24)10-18(26)23(20)11-13(3)4/h7-10,13,24H,5-6,11-12H2,1-4H3,(H,21,25). The molecule has 1 amide bonds. The molecular weight excluding hydrogens is 362 g/mol. The number of amides is 1. The Labute approximate surface area is 164 Å². The van der Waals surface area contributed by atoms with Gasteiger partial charge in [-0.05, 0) is 29.9 Å². The number of rotatable bonds is 8. The van der Waals surface area contributed by atoms with Crippen LogP contribution in [0.15, 0.2) is 34.2 Å². The van der Waals surface area contributed by atoms with Gasteiger partial charge in [0.05, 0.1) is 11.8 Å². The van der Waals surface area contributed by atoms with Crippen molar-refractivity contribution in [1.29, 1.82) is 0 Å². The Kier molecular flexibility index (Phi) is 7.47. The zero-order valence-electron chi connectivity index (χ0n) is 16.3. The van der Waals surface area contributed by atoms with Gasteiger partial charge in [0.1, 0.15) is 0 Å². The number of hydrogen-bond donors (Lipinski definition) is 2. The summed E-state index contributed by atoms with van der Waals surface area (Å²) in [6, 6.07) is 7.12. The molecule has 27 heavy (non-hydrogen) atoms. The topological polar surface area (TPSA) is 84.2 Å². The summed E-state index contributed by atoms with van der Waals surface area (Å²) in [6.45, 7) is 8.58. The first-order chi connectivity index (χ1) is 12.8. The number of aryl methyl sites for hydroxylation is 2. The molecule has 1 aromatic carbocycles. The van der Waals surface area contributed by atoms with Crippen LogP contribution in [0, 0.1) is 5.92 Å². The third-order valence-electron chi connectivity index (χ3n) is 4.10. The van der Waals surface area contributed by atoms with Gasteiger partial charge >= 0.3 is 0 Å². The fourth-order valence-electron chi connectivity index (χ4n) is 2.83. The molecule has 1 aromatic heterocycles. The van der Waals surface area contributed by atoms with Crippen molar-refractivity contribution < 1.29 is 9.90 Å². The van der Waals surface area contributed by atoms with Crippen LogP contribution >= 0.6 is 11.8 Å². The summed E-state index contributed by atoms with van der Waals surface area (Å²) in [4.78, 5) is 28.7. The average Bonchev–Trinajstić information content (AvgIpc) is 2.62. The molecule has 0 fully saturated rings. The van der Waals surface area contributed by atoms with Gasteiger partial charge in [-0.25, -0.2) is 0 Å². The fraction of sp³-hybridized carbons (Fsp3) is 0.450. The van der Waals surface area contributed by atoms with E-state index in [0.717, 1.165) is 47.5 Å². The number of hydrogen-bond acceptors (Lipinski definition) is 5. The number of carbonyl (C=O) groups excluding carboxylic acids is 1. The van der Waals surface area contributed by atoms with Gasteiger partial charge in [0.2, 0.25) is 11.8 Å². The molecule has 0 aliphatic rings. The normalized spacial score (nSPS) is 11.0. The summed E-state index contributed by atoms with van der Waals surface area (Å²) in [5.41, 5.74) is 2.75. The number of nitrogens with one attached hydrogen (secondary N) is 1. The lowest BCUT2D eigenvalue weighted by Crippen LogP contribution is -2.25. The lowest BCUT2D eigenvalue weighted by molar-refractivity contribution is -0.113. The van der Waals surface area contributed by atoms with Crippen molar-refractivity contribution in [2.75, 3.05) is 11.1 Å². The minimum atomic E-state index is -0.326. The molecule has 6 nitrogen and oxygen atoms in total. The number of aromatic nitrogens is 2. The Balaban J connectivity index is 2.16. The van der Waals surface area contributed by atoms with Crippen LogP contribution in [-0.2, 0) is 24.2 Å². The molecule has 146 valence electrons. The van der Waals surface area contributed by atoms with E-state index in [2.05, 4.69) is 24.1 Å². The summed E-state index contributed by atoms with van der Waals surface area (Å²) in [7, 11) is 0. The lowest BCUT2D eigenvalue weighted by Gasteiger charge is -2.15. The number of aromatic hydroxyl groups is 1. The Morgan fingerprint density at radius 3 is 2.44 bits per heavy atom. The van der Waals surface area contributed by atoms with Crippen LogP contribution in [0.2, 0.25) is 0 Å².